The van der Waals surface area contributed by atoms with E-state index in [9.17, 15) is 4.79 Å². The number of hydrogen-bond acceptors (Lipinski definition) is 6. The van der Waals surface area contributed by atoms with Gasteiger partial charge in [-0.25, -0.2) is 9.78 Å². The molecule has 0 spiro atoms. The van der Waals surface area contributed by atoms with Crippen LogP contribution >= 0.6 is 0 Å². The van der Waals surface area contributed by atoms with E-state index in [2.05, 4.69) is 95.6 Å². The number of unbranched alkanes of at least 4 members (excludes halogenated alkanes) is 1. The second kappa shape index (κ2) is 16.6. The molecule has 11 nitrogen and oxygen atoms in total. The van der Waals surface area contributed by atoms with Crippen LogP contribution in [0.5, 0.6) is 0 Å². The van der Waals surface area contributed by atoms with Crippen molar-refractivity contribution in [1.82, 2.24) is 29.4 Å². The Hall–Kier alpha value is -4.74. The summed E-state index contributed by atoms with van der Waals surface area (Å²) in [7, 11) is 0. The van der Waals surface area contributed by atoms with Crippen LogP contribution in [0.15, 0.2) is 83.2 Å². The van der Waals surface area contributed by atoms with E-state index < -0.39 is 0 Å². The maximum atomic E-state index is 12.5. The SMILES string of the molecule is CC(C)(C)c1cc(CCCCN)cc(-n2ccnc2)c1.CC(C)(C)c1cc2cn(-c3ccc(CNCCCN=C(N)N)cc3)c(=O)nc2[nH]1. The highest BCUT2D eigenvalue weighted by Crippen LogP contribution is 2.27. The molecule has 0 fully saturated rings. The fourth-order valence-electron chi connectivity index (χ4n) is 5.29. The highest BCUT2D eigenvalue weighted by atomic mass is 16.1. The molecular weight excluding hydrogens is 612 g/mol. The molecule has 0 saturated carbocycles. The molecule has 0 amide bonds. The van der Waals surface area contributed by atoms with Crippen LogP contribution in [0, 0.1) is 0 Å². The fourth-order valence-corrected chi connectivity index (χ4v) is 5.29. The van der Waals surface area contributed by atoms with Gasteiger partial charge in [-0.1, -0.05) is 59.7 Å². The number of aliphatic imine (C=N–C) groups is 1. The number of benzene rings is 2. The van der Waals surface area contributed by atoms with E-state index in [1.165, 1.54) is 16.8 Å². The Bertz CT molecular complexity index is 1850. The summed E-state index contributed by atoms with van der Waals surface area (Å²) in [5.74, 6) is 0.123. The first-order valence-corrected chi connectivity index (χ1v) is 17.1. The van der Waals surface area contributed by atoms with Crippen molar-refractivity contribution < 1.29 is 0 Å². The van der Waals surface area contributed by atoms with Crippen molar-refractivity contribution in [3.8, 4) is 11.4 Å². The van der Waals surface area contributed by atoms with Crippen LogP contribution in [0.1, 0.15) is 83.2 Å². The van der Waals surface area contributed by atoms with Crippen LogP contribution in [0.25, 0.3) is 22.4 Å². The number of nitrogens with zero attached hydrogens (tertiary/aromatic N) is 5. The average Bonchev–Trinajstić information content (AvgIpc) is 3.73. The van der Waals surface area contributed by atoms with Crippen molar-refractivity contribution in [2.45, 2.75) is 84.6 Å². The third-order valence-electron chi connectivity index (χ3n) is 8.23. The number of aryl methyl sites for hydroxylation is 1. The number of hydrogen-bond donors (Lipinski definition) is 5. The van der Waals surface area contributed by atoms with Crippen LogP contribution in [-0.2, 0) is 23.8 Å². The second-order valence-electron chi connectivity index (χ2n) is 14.5. The summed E-state index contributed by atoms with van der Waals surface area (Å²) < 4.78 is 3.65. The lowest BCUT2D eigenvalue weighted by atomic mass is 9.85. The quantitative estimate of drug-likeness (QED) is 0.0691. The maximum Gasteiger partial charge on any atom is 0.354 e. The molecule has 262 valence electrons. The summed E-state index contributed by atoms with van der Waals surface area (Å²) in [4.78, 5) is 28.0. The third-order valence-corrected chi connectivity index (χ3v) is 8.23. The van der Waals surface area contributed by atoms with Crippen LogP contribution in [0.2, 0.25) is 0 Å². The molecule has 2 aromatic carbocycles. The molecule has 8 N–H and O–H groups in total. The summed E-state index contributed by atoms with van der Waals surface area (Å²) in [6, 6.07) is 16.8. The van der Waals surface area contributed by atoms with E-state index in [0.29, 0.717) is 12.2 Å². The lowest BCUT2D eigenvalue weighted by Crippen LogP contribution is -2.23. The van der Waals surface area contributed by atoms with Gasteiger partial charge in [-0.2, -0.15) is 4.98 Å². The van der Waals surface area contributed by atoms with Crippen LogP contribution in [0.3, 0.4) is 0 Å². The van der Waals surface area contributed by atoms with Gasteiger partial charge < -0.3 is 32.1 Å². The molecule has 5 aromatic rings. The van der Waals surface area contributed by atoms with E-state index in [0.717, 1.165) is 67.6 Å². The summed E-state index contributed by atoms with van der Waals surface area (Å²) in [5, 5.41) is 4.27. The van der Waals surface area contributed by atoms with Gasteiger partial charge in [0.1, 0.15) is 5.65 Å². The number of aromatic nitrogens is 5. The number of H-pyrrole nitrogens is 1. The summed E-state index contributed by atoms with van der Waals surface area (Å²) in [6.07, 6.45) is 11.7. The van der Waals surface area contributed by atoms with E-state index in [-0.39, 0.29) is 22.5 Å². The van der Waals surface area contributed by atoms with E-state index in [1.807, 2.05) is 49.2 Å². The zero-order valence-electron chi connectivity index (χ0n) is 30.0. The number of aromatic amines is 1. The van der Waals surface area contributed by atoms with Gasteiger partial charge in [0.25, 0.3) is 0 Å². The van der Waals surface area contributed by atoms with Gasteiger partial charge in [0.2, 0.25) is 0 Å². The summed E-state index contributed by atoms with van der Waals surface area (Å²) in [5.41, 5.74) is 23.5. The minimum atomic E-state index is -0.301. The van der Waals surface area contributed by atoms with Gasteiger partial charge in [0, 0.05) is 53.9 Å². The average molecular weight is 667 g/mol. The van der Waals surface area contributed by atoms with Gasteiger partial charge in [-0.05, 0) is 91.2 Å². The zero-order chi connectivity index (χ0) is 35.6. The Morgan fingerprint density at radius 3 is 2.31 bits per heavy atom. The number of nitrogens with two attached hydrogens (primary N) is 3. The minimum Gasteiger partial charge on any atom is -0.370 e. The van der Waals surface area contributed by atoms with Gasteiger partial charge in [-0.15, -0.1) is 0 Å². The normalized spacial score (nSPS) is 11.7. The Balaban J connectivity index is 0.000000237. The van der Waals surface area contributed by atoms with Crippen molar-refractivity contribution in [3.05, 3.63) is 106 Å². The van der Waals surface area contributed by atoms with Crippen molar-refractivity contribution in [2.24, 2.45) is 22.2 Å². The smallest absolute Gasteiger partial charge is 0.354 e. The first-order valence-electron chi connectivity index (χ1n) is 17.1. The van der Waals surface area contributed by atoms with Crippen LogP contribution in [-0.4, -0.2) is 49.7 Å². The van der Waals surface area contributed by atoms with Gasteiger partial charge >= 0.3 is 5.69 Å². The van der Waals surface area contributed by atoms with Crippen molar-refractivity contribution in [1.29, 1.82) is 0 Å². The van der Waals surface area contributed by atoms with E-state index in [4.69, 9.17) is 17.2 Å². The van der Waals surface area contributed by atoms with Crippen LogP contribution in [0.4, 0.5) is 0 Å². The number of nitrogens with one attached hydrogen (secondary N) is 2. The molecule has 0 bridgehead atoms. The van der Waals surface area contributed by atoms with E-state index >= 15 is 0 Å². The number of imidazole rings is 1. The zero-order valence-corrected chi connectivity index (χ0v) is 30.0. The summed E-state index contributed by atoms with van der Waals surface area (Å²) >= 11 is 0. The molecular formula is C38H54N10O. The van der Waals surface area contributed by atoms with E-state index in [1.54, 1.807) is 4.57 Å². The maximum absolute atomic E-state index is 12.5. The van der Waals surface area contributed by atoms with Gasteiger partial charge in [0.05, 0.1) is 12.0 Å². The predicted octanol–water partition coefficient (Wildman–Crippen LogP) is 5.22. The molecule has 5 rings (SSSR count). The Kier molecular flexibility index (Phi) is 12.5. The summed E-state index contributed by atoms with van der Waals surface area (Å²) in [6.45, 7) is 16.1. The molecule has 0 unspecified atom stereocenters. The molecule has 0 saturated heterocycles. The van der Waals surface area contributed by atoms with Crippen molar-refractivity contribution >= 4 is 17.0 Å². The molecule has 0 aliphatic heterocycles. The second-order valence-corrected chi connectivity index (χ2v) is 14.5. The molecule has 49 heavy (non-hydrogen) atoms. The minimum absolute atomic E-state index is 0.0352. The van der Waals surface area contributed by atoms with Crippen molar-refractivity contribution in [3.63, 3.8) is 0 Å². The number of fused-ring (bicyclic) bond motifs is 1. The Morgan fingerprint density at radius 2 is 1.67 bits per heavy atom. The Labute approximate surface area is 290 Å². The van der Waals surface area contributed by atoms with Crippen molar-refractivity contribution in [2.75, 3.05) is 19.6 Å². The standard InChI is InChI=1S/C21H29N7O.C17H25N3/c1-21(2,3)17-11-15-13-28(20(29)27-18(15)26-17)16-7-5-14(6-8-16)12-24-9-4-10-25-19(22)23;1-17(2,3)15-10-14(6-4-5-7-18)11-16(12-15)20-9-8-19-13-20/h5-8,11,13,24H,4,9-10,12H2,1-3H3,(H4,22,23,25)(H,26,27,29);8-13H,4-7,18H2,1-3H3. The lowest BCUT2D eigenvalue weighted by Gasteiger charge is -2.21. The van der Waals surface area contributed by atoms with Crippen LogP contribution < -0.4 is 28.2 Å². The molecule has 0 aliphatic carbocycles. The molecule has 3 heterocycles. The molecule has 11 heteroatoms. The topological polar surface area (TPSA) is 171 Å². The molecule has 0 aliphatic rings. The number of guanidine groups is 1. The fraction of sp³-hybridized carbons (Fsp3) is 0.421. The lowest BCUT2D eigenvalue weighted by molar-refractivity contribution is 0.574. The van der Waals surface area contributed by atoms with Gasteiger partial charge in [0.15, 0.2) is 5.96 Å². The predicted molar refractivity (Wildman–Crippen MR) is 202 cm³/mol. The molecule has 0 radical (unpaired) electrons. The monoisotopic (exact) mass is 666 g/mol. The highest BCUT2D eigenvalue weighted by Gasteiger charge is 2.18. The highest BCUT2D eigenvalue weighted by molar-refractivity contribution is 5.76. The first kappa shape index (κ1) is 37.1. The first-order chi connectivity index (χ1) is 23.2. The number of rotatable bonds is 12. The molecule has 0 atom stereocenters. The molecule has 3 aromatic heterocycles. The third kappa shape index (κ3) is 10.9. The van der Waals surface area contributed by atoms with Gasteiger partial charge in [-0.3, -0.25) is 9.56 Å². The largest absolute Gasteiger partial charge is 0.370 e. The Morgan fingerprint density at radius 1 is 0.918 bits per heavy atom.